The summed E-state index contributed by atoms with van der Waals surface area (Å²) in [4.78, 5) is 4.32. The molecule has 0 aliphatic rings. The minimum Gasteiger partial charge on any atom is -0.489 e. The molecule has 0 saturated carbocycles. The minimum absolute atomic E-state index is 0.571. The van der Waals surface area contributed by atoms with Crippen LogP contribution in [-0.4, -0.2) is 12.0 Å². The van der Waals surface area contributed by atoms with E-state index >= 15 is 0 Å². The second kappa shape index (κ2) is 5.61. The first-order valence-corrected chi connectivity index (χ1v) is 6.60. The molecule has 0 bridgehead atoms. The normalized spacial score (nSPS) is 10.4. The highest BCUT2D eigenvalue weighted by molar-refractivity contribution is 5.92. The molecule has 0 atom stereocenters. The zero-order chi connectivity index (χ0) is 13.8. The van der Waals surface area contributed by atoms with Crippen molar-refractivity contribution in [3.8, 4) is 5.75 Å². The van der Waals surface area contributed by atoms with Gasteiger partial charge in [-0.3, -0.25) is 0 Å². The smallest absolute Gasteiger partial charge is 0.133 e. The van der Waals surface area contributed by atoms with Crippen molar-refractivity contribution < 1.29 is 4.74 Å². The van der Waals surface area contributed by atoms with Gasteiger partial charge in [0.25, 0.3) is 0 Å². The predicted molar refractivity (Wildman–Crippen MR) is 82.1 cm³/mol. The topological polar surface area (TPSA) is 34.2 Å². The second-order valence-electron chi connectivity index (χ2n) is 4.57. The maximum absolute atomic E-state index is 5.84. The molecule has 1 heterocycles. The Bertz CT molecular complexity index is 711. The number of anilines is 1. The van der Waals surface area contributed by atoms with Crippen molar-refractivity contribution >= 4 is 16.6 Å². The fourth-order valence-corrected chi connectivity index (χ4v) is 2.18. The monoisotopic (exact) mass is 264 g/mol. The Labute approximate surface area is 118 Å². The van der Waals surface area contributed by atoms with E-state index in [9.17, 15) is 0 Å². The Morgan fingerprint density at radius 1 is 1.05 bits per heavy atom. The third-order valence-corrected chi connectivity index (χ3v) is 3.22. The largest absolute Gasteiger partial charge is 0.489 e. The van der Waals surface area contributed by atoms with Crippen LogP contribution in [0.2, 0.25) is 0 Å². The average molecular weight is 264 g/mol. The molecule has 20 heavy (non-hydrogen) atoms. The van der Waals surface area contributed by atoms with Gasteiger partial charge in [0.1, 0.15) is 18.2 Å². The Hall–Kier alpha value is -2.55. The summed E-state index contributed by atoms with van der Waals surface area (Å²) in [6.45, 7) is 0.571. The van der Waals surface area contributed by atoms with Crippen molar-refractivity contribution in [1.29, 1.82) is 0 Å². The van der Waals surface area contributed by atoms with Gasteiger partial charge in [-0.1, -0.05) is 36.4 Å². The molecule has 0 saturated heterocycles. The highest BCUT2D eigenvalue weighted by Crippen LogP contribution is 2.26. The van der Waals surface area contributed by atoms with Gasteiger partial charge in [0, 0.05) is 18.6 Å². The highest BCUT2D eigenvalue weighted by atomic mass is 16.5. The lowest BCUT2D eigenvalue weighted by Gasteiger charge is -2.09. The molecule has 3 nitrogen and oxygen atoms in total. The van der Waals surface area contributed by atoms with Crippen LogP contribution in [-0.2, 0) is 6.61 Å². The lowest BCUT2D eigenvalue weighted by molar-refractivity contribution is 0.306. The second-order valence-corrected chi connectivity index (χ2v) is 4.57. The molecule has 3 heteroatoms. The van der Waals surface area contributed by atoms with E-state index in [1.807, 2.05) is 43.4 Å². The van der Waals surface area contributed by atoms with Gasteiger partial charge in [0.2, 0.25) is 0 Å². The van der Waals surface area contributed by atoms with Crippen LogP contribution in [0.4, 0.5) is 5.82 Å². The molecule has 0 aliphatic heterocycles. The molecule has 0 aliphatic carbocycles. The molecule has 0 spiro atoms. The van der Waals surface area contributed by atoms with Gasteiger partial charge >= 0.3 is 0 Å². The van der Waals surface area contributed by atoms with E-state index in [4.69, 9.17) is 4.74 Å². The molecule has 1 aromatic heterocycles. The van der Waals surface area contributed by atoms with Crippen molar-refractivity contribution in [2.24, 2.45) is 0 Å². The molecule has 1 N–H and O–H groups in total. The van der Waals surface area contributed by atoms with Crippen molar-refractivity contribution in [2.45, 2.75) is 6.61 Å². The van der Waals surface area contributed by atoms with Crippen LogP contribution >= 0.6 is 0 Å². The van der Waals surface area contributed by atoms with Gasteiger partial charge in [-0.15, -0.1) is 0 Å². The molecule has 3 rings (SSSR count). The van der Waals surface area contributed by atoms with Gasteiger partial charge in [0.15, 0.2) is 0 Å². The quantitative estimate of drug-likeness (QED) is 0.777. The fourth-order valence-electron chi connectivity index (χ4n) is 2.18. The number of fused-ring (bicyclic) bond motifs is 1. The highest BCUT2D eigenvalue weighted by Gasteiger charge is 2.03. The van der Waals surface area contributed by atoms with E-state index in [0.717, 1.165) is 27.9 Å². The molecule has 0 fully saturated rings. The molecule has 2 aromatic carbocycles. The summed E-state index contributed by atoms with van der Waals surface area (Å²) in [7, 11) is 1.87. The summed E-state index contributed by atoms with van der Waals surface area (Å²) >= 11 is 0. The third-order valence-electron chi connectivity index (χ3n) is 3.22. The Morgan fingerprint density at radius 2 is 1.90 bits per heavy atom. The molecule has 0 amide bonds. The first-order valence-electron chi connectivity index (χ1n) is 6.60. The summed E-state index contributed by atoms with van der Waals surface area (Å²) in [5.74, 6) is 1.72. The number of hydrogen-bond donors (Lipinski definition) is 1. The van der Waals surface area contributed by atoms with Crippen molar-refractivity contribution in [3.63, 3.8) is 0 Å². The zero-order valence-electron chi connectivity index (χ0n) is 11.3. The van der Waals surface area contributed by atoms with Crippen LogP contribution in [0, 0.1) is 0 Å². The number of benzene rings is 2. The van der Waals surface area contributed by atoms with Gasteiger partial charge < -0.3 is 10.1 Å². The number of rotatable bonds is 4. The SMILES string of the molecule is CNc1nccc2ccc(OCc3ccccc3)cc12. The van der Waals surface area contributed by atoms with Crippen molar-refractivity contribution in [1.82, 2.24) is 4.98 Å². The number of nitrogens with zero attached hydrogens (tertiary/aromatic N) is 1. The Morgan fingerprint density at radius 3 is 2.70 bits per heavy atom. The minimum atomic E-state index is 0.571. The standard InChI is InChI=1S/C17H16N2O/c1-18-17-16-11-15(8-7-14(16)9-10-19-17)20-12-13-5-3-2-4-6-13/h2-11H,12H2,1H3,(H,18,19). The number of pyridine rings is 1. The number of aromatic nitrogens is 1. The summed E-state index contributed by atoms with van der Waals surface area (Å²) in [6.07, 6.45) is 1.80. The first kappa shape index (κ1) is 12.5. The van der Waals surface area contributed by atoms with Gasteiger partial charge in [-0.05, 0) is 29.1 Å². The summed E-state index contributed by atoms with van der Waals surface area (Å²) in [5, 5.41) is 5.32. The molecular weight excluding hydrogens is 248 g/mol. The van der Waals surface area contributed by atoms with E-state index in [1.54, 1.807) is 6.20 Å². The Kier molecular flexibility index (Phi) is 3.50. The zero-order valence-corrected chi connectivity index (χ0v) is 11.3. The number of ether oxygens (including phenoxy) is 1. The molecule has 0 unspecified atom stereocenters. The summed E-state index contributed by atoms with van der Waals surface area (Å²) in [5.41, 5.74) is 1.16. The van der Waals surface area contributed by atoms with E-state index < -0.39 is 0 Å². The van der Waals surface area contributed by atoms with Crippen LogP contribution < -0.4 is 10.1 Å². The molecule has 3 aromatic rings. The van der Waals surface area contributed by atoms with Crippen molar-refractivity contribution in [3.05, 3.63) is 66.4 Å². The summed E-state index contributed by atoms with van der Waals surface area (Å²) < 4.78 is 5.84. The van der Waals surface area contributed by atoms with E-state index in [2.05, 4.69) is 28.5 Å². The number of nitrogens with one attached hydrogen (secondary N) is 1. The van der Waals surface area contributed by atoms with Gasteiger partial charge in [-0.2, -0.15) is 0 Å². The molecule has 0 radical (unpaired) electrons. The van der Waals surface area contributed by atoms with Gasteiger partial charge in [0.05, 0.1) is 0 Å². The lowest BCUT2D eigenvalue weighted by atomic mass is 10.1. The van der Waals surface area contributed by atoms with Crippen LogP contribution in [0.25, 0.3) is 10.8 Å². The van der Waals surface area contributed by atoms with Gasteiger partial charge in [-0.25, -0.2) is 4.98 Å². The van der Waals surface area contributed by atoms with E-state index in [-0.39, 0.29) is 0 Å². The predicted octanol–water partition coefficient (Wildman–Crippen LogP) is 3.86. The summed E-state index contributed by atoms with van der Waals surface area (Å²) in [6, 6.07) is 18.2. The van der Waals surface area contributed by atoms with Crippen LogP contribution in [0.15, 0.2) is 60.8 Å². The van der Waals surface area contributed by atoms with Crippen LogP contribution in [0.3, 0.4) is 0 Å². The average Bonchev–Trinajstić information content (AvgIpc) is 2.53. The van der Waals surface area contributed by atoms with Crippen LogP contribution in [0.5, 0.6) is 5.75 Å². The molecular formula is C17H16N2O. The fraction of sp³-hybridized carbons (Fsp3) is 0.118. The molecule has 100 valence electrons. The van der Waals surface area contributed by atoms with Crippen LogP contribution in [0.1, 0.15) is 5.56 Å². The number of hydrogen-bond acceptors (Lipinski definition) is 3. The lowest BCUT2D eigenvalue weighted by Crippen LogP contribution is -1.96. The third kappa shape index (κ3) is 2.57. The first-order chi connectivity index (χ1) is 9.86. The van der Waals surface area contributed by atoms with E-state index in [1.165, 1.54) is 0 Å². The van der Waals surface area contributed by atoms with Crippen molar-refractivity contribution in [2.75, 3.05) is 12.4 Å². The Balaban J connectivity index is 1.85. The maximum Gasteiger partial charge on any atom is 0.133 e. The maximum atomic E-state index is 5.84. The van der Waals surface area contributed by atoms with E-state index in [0.29, 0.717) is 6.61 Å².